The molecule has 0 N–H and O–H groups in total. The average Bonchev–Trinajstić information content (AvgIpc) is 3.24. The average molecular weight is 430 g/mol. The van der Waals surface area contributed by atoms with Gasteiger partial charge in [0.15, 0.2) is 5.69 Å². The number of non-ortho nitro benzene ring substituents is 1. The van der Waals surface area contributed by atoms with E-state index in [9.17, 15) is 10.1 Å². The van der Waals surface area contributed by atoms with E-state index >= 15 is 0 Å². The highest BCUT2D eigenvalue weighted by molar-refractivity contribution is 5.95. The SMILES string of the molecule is O=[N+]([O-])c1ccc(-[n+]2nc(-c3ccccc3)nn2-c2ccccc2)c2ccccc12.[Cl-]. The number of hydrogen-bond donors (Lipinski definition) is 0. The summed E-state index contributed by atoms with van der Waals surface area (Å²) in [6, 6.07) is 29.9. The molecular formula is C23H16ClN5O2. The minimum atomic E-state index is -0.367. The van der Waals surface area contributed by atoms with Gasteiger partial charge >= 0.3 is 5.82 Å². The van der Waals surface area contributed by atoms with Gasteiger partial charge in [0.2, 0.25) is 0 Å². The number of nitrogens with zero attached hydrogens (tertiary/aromatic N) is 5. The molecule has 1 heterocycles. The highest BCUT2D eigenvalue weighted by Gasteiger charge is 2.26. The van der Waals surface area contributed by atoms with E-state index in [-0.39, 0.29) is 23.0 Å². The van der Waals surface area contributed by atoms with Gasteiger partial charge in [-0.05, 0) is 52.4 Å². The minimum Gasteiger partial charge on any atom is -1.00 e. The summed E-state index contributed by atoms with van der Waals surface area (Å²) in [5.41, 5.74) is 2.47. The van der Waals surface area contributed by atoms with Crippen LogP contribution < -0.4 is 17.2 Å². The second kappa shape index (κ2) is 8.33. The Bertz CT molecular complexity index is 1370. The molecule has 0 saturated carbocycles. The molecule has 0 saturated heterocycles. The van der Waals surface area contributed by atoms with Gasteiger partial charge in [-0.3, -0.25) is 10.1 Å². The molecule has 0 aliphatic rings. The van der Waals surface area contributed by atoms with Crippen molar-refractivity contribution in [2.24, 2.45) is 0 Å². The second-order valence-corrected chi connectivity index (χ2v) is 6.71. The topological polar surface area (TPSA) is 77.7 Å². The summed E-state index contributed by atoms with van der Waals surface area (Å²) >= 11 is 0. The Morgan fingerprint density at radius 3 is 2.06 bits per heavy atom. The van der Waals surface area contributed by atoms with Crippen LogP contribution in [0.4, 0.5) is 5.69 Å². The Morgan fingerprint density at radius 1 is 0.774 bits per heavy atom. The number of tetrazole rings is 1. The van der Waals surface area contributed by atoms with Gasteiger partial charge in [-0.2, -0.15) is 0 Å². The summed E-state index contributed by atoms with van der Waals surface area (Å²) in [6.07, 6.45) is 0. The molecule has 7 nitrogen and oxygen atoms in total. The number of halogens is 1. The van der Waals surface area contributed by atoms with E-state index in [1.807, 2.05) is 72.8 Å². The van der Waals surface area contributed by atoms with Gasteiger partial charge in [-0.15, -0.1) is 0 Å². The van der Waals surface area contributed by atoms with Gasteiger partial charge in [0.05, 0.1) is 21.0 Å². The van der Waals surface area contributed by atoms with Crippen LogP contribution in [0.3, 0.4) is 0 Å². The van der Waals surface area contributed by atoms with E-state index < -0.39 is 0 Å². The summed E-state index contributed by atoms with van der Waals surface area (Å²) in [5, 5.41) is 22.3. The molecule has 152 valence electrons. The third-order valence-electron chi connectivity index (χ3n) is 4.87. The van der Waals surface area contributed by atoms with Gasteiger partial charge in [-0.25, -0.2) is 0 Å². The van der Waals surface area contributed by atoms with Crippen LogP contribution in [0.2, 0.25) is 0 Å². The van der Waals surface area contributed by atoms with Crippen LogP contribution in [-0.2, 0) is 0 Å². The first-order chi connectivity index (χ1) is 14.7. The van der Waals surface area contributed by atoms with Crippen LogP contribution in [-0.4, -0.2) is 19.9 Å². The molecule has 0 amide bonds. The van der Waals surface area contributed by atoms with Crippen LogP contribution in [0.5, 0.6) is 0 Å². The monoisotopic (exact) mass is 429 g/mol. The van der Waals surface area contributed by atoms with Crippen molar-refractivity contribution in [1.29, 1.82) is 0 Å². The van der Waals surface area contributed by atoms with Crippen molar-refractivity contribution in [3.63, 3.8) is 0 Å². The molecule has 0 radical (unpaired) electrons. The lowest BCUT2D eigenvalue weighted by Gasteiger charge is -2.04. The van der Waals surface area contributed by atoms with E-state index in [4.69, 9.17) is 10.2 Å². The van der Waals surface area contributed by atoms with Gasteiger partial charge in [0.1, 0.15) is 5.69 Å². The van der Waals surface area contributed by atoms with Crippen LogP contribution in [0.25, 0.3) is 33.5 Å². The van der Waals surface area contributed by atoms with Crippen LogP contribution in [0.1, 0.15) is 0 Å². The van der Waals surface area contributed by atoms with Gasteiger partial charge in [0.25, 0.3) is 5.69 Å². The second-order valence-electron chi connectivity index (χ2n) is 6.71. The summed E-state index contributed by atoms with van der Waals surface area (Å²) in [5.74, 6) is 0.557. The van der Waals surface area contributed by atoms with Gasteiger partial charge in [-0.1, -0.05) is 48.5 Å². The molecule has 5 rings (SSSR count). The van der Waals surface area contributed by atoms with Crippen molar-refractivity contribution in [3.8, 4) is 22.8 Å². The largest absolute Gasteiger partial charge is 1.00 e. The summed E-state index contributed by atoms with van der Waals surface area (Å²) in [4.78, 5) is 14.5. The standard InChI is InChI=1S/C23H16N5O2.ClH/c29-28(30)22-16-15-21(19-13-7-8-14-20(19)22)27-25-23(17-9-3-1-4-10-17)24-26(27)18-11-5-2-6-12-18;/h1-16H;1H/q+1;/p-1. The van der Waals surface area contributed by atoms with E-state index in [1.54, 1.807) is 27.8 Å². The van der Waals surface area contributed by atoms with Crippen molar-refractivity contribution in [3.05, 3.63) is 107 Å². The number of fused-ring (bicyclic) bond motifs is 1. The lowest BCUT2D eigenvalue weighted by Crippen LogP contribution is -3.00. The van der Waals surface area contributed by atoms with E-state index in [1.165, 1.54) is 6.07 Å². The fourth-order valence-electron chi connectivity index (χ4n) is 3.47. The molecule has 0 atom stereocenters. The van der Waals surface area contributed by atoms with Crippen molar-refractivity contribution < 1.29 is 22.1 Å². The van der Waals surface area contributed by atoms with E-state index in [2.05, 4.69) is 0 Å². The zero-order valence-electron chi connectivity index (χ0n) is 16.2. The third kappa shape index (κ3) is 3.62. The molecular weight excluding hydrogens is 414 g/mol. The Balaban J connectivity index is 0.00000231. The zero-order valence-corrected chi connectivity index (χ0v) is 16.9. The van der Waals surface area contributed by atoms with Crippen LogP contribution in [0.15, 0.2) is 97.1 Å². The fraction of sp³-hybridized carbons (Fsp3) is 0. The molecule has 1 aromatic heterocycles. The lowest BCUT2D eigenvalue weighted by molar-refractivity contribution is -0.733. The molecule has 0 spiro atoms. The fourth-order valence-corrected chi connectivity index (χ4v) is 3.47. The van der Waals surface area contributed by atoms with Crippen LogP contribution in [0, 0.1) is 10.1 Å². The Hall–Kier alpha value is -4.10. The van der Waals surface area contributed by atoms with Crippen molar-refractivity contribution >= 4 is 16.5 Å². The first-order valence-corrected chi connectivity index (χ1v) is 9.39. The third-order valence-corrected chi connectivity index (χ3v) is 4.87. The first-order valence-electron chi connectivity index (χ1n) is 9.39. The van der Waals surface area contributed by atoms with Crippen molar-refractivity contribution in [1.82, 2.24) is 15.0 Å². The summed E-state index contributed by atoms with van der Waals surface area (Å²) < 4.78 is 0. The maximum atomic E-state index is 11.5. The number of rotatable bonds is 4. The smallest absolute Gasteiger partial charge is 0.340 e. The normalized spacial score (nSPS) is 10.6. The summed E-state index contributed by atoms with van der Waals surface area (Å²) in [6.45, 7) is 0. The Morgan fingerprint density at radius 2 is 1.39 bits per heavy atom. The van der Waals surface area contributed by atoms with E-state index in [0.717, 1.165) is 16.6 Å². The quantitative estimate of drug-likeness (QED) is 0.245. The maximum absolute atomic E-state index is 11.5. The number of aromatic nitrogens is 4. The molecule has 0 bridgehead atoms. The van der Waals surface area contributed by atoms with E-state index in [0.29, 0.717) is 16.9 Å². The highest BCUT2D eigenvalue weighted by Crippen LogP contribution is 2.28. The molecule has 0 unspecified atom stereocenters. The first kappa shape index (κ1) is 20.2. The molecule has 0 fully saturated rings. The number of hydrogen-bond acceptors (Lipinski definition) is 4. The number of nitro groups is 1. The molecule has 5 aromatic rings. The van der Waals surface area contributed by atoms with Gasteiger partial charge < -0.3 is 12.4 Å². The number of para-hydroxylation sites is 1. The molecule has 4 aromatic carbocycles. The van der Waals surface area contributed by atoms with Gasteiger partial charge in [0, 0.05) is 16.2 Å². The predicted molar refractivity (Wildman–Crippen MR) is 112 cm³/mol. The van der Waals surface area contributed by atoms with Crippen molar-refractivity contribution in [2.45, 2.75) is 0 Å². The molecule has 0 aliphatic carbocycles. The predicted octanol–water partition coefficient (Wildman–Crippen LogP) is 1.28. The molecule has 0 aliphatic heterocycles. The van der Waals surface area contributed by atoms with Crippen LogP contribution >= 0.6 is 0 Å². The Kier molecular flexibility index (Phi) is 5.43. The van der Waals surface area contributed by atoms with Crippen molar-refractivity contribution in [2.75, 3.05) is 0 Å². The number of benzene rings is 4. The maximum Gasteiger partial charge on any atom is 0.340 e. The summed E-state index contributed by atoms with van der Waals surface area (Å²) in [7, 11) is 0. The molecule has 8 heteroatoms. The zero-order chi connectivity index (χ0) is 20.5. The molecule has 31 heavy (non-hydrogen) atoms. The lowest BCUT2D eigenvalue weighted by atomic mass is 10.1. The Labute approximate surface area is 183 Å². The minimum absolute atomic E-state index is 0. The number of nitro benzene ring substituents is 1. The highest BCUT2D eigenvalue weighted by atomic mass is 35.5.